The van der Waals surface area contributed by atoms with E-state index in [-0.39, 0.29) is 19.1 Å². The van der Waals surface area contributed by atoms with Gasteiger partial charge in [-0.2, -0.15) is 0 Å². The maximum atomic E-state index is 12.8. The summed E-state index contributed by atoms with van der Waals surface area (Å²) in [4.78, 5) is 18.8. The van der Waals surface area contributed by atoms with E-state index in [0.717, 1.165) is 10.9 Å². The molecule has 0 spiro atoms. The number of amides is 1. The minimum absolute atomic E-state index is 0.0774. The molecule has 1 aliphatic heterocycles. The smallest absolute Gasteiger partial charge is 0.253 e. The number of hydrogen-bond acceptors (Lipinski definition) is 4. The molecule has 0 radical (unpaired) electrons. The Kier molecular flexibility index (Phi) is 4.31. The molecule has 0 aliphatic carbocycles. The number of β-amino-alcohol motifs (C(OH)–C–C–N with tert-alkyl or cyclic N) is 1. The van der Waals surface area contributed by atoms with Crippen LogP contribution in [-0.2, 0) is 0 Å². The number of nitrogens with zero attached hydrogens (tertiary/aromatic N) is 2. The summed E-state index contributed by atoms with van der Waals surface area (Å²) in [6.07, 6.45) is 2.23. The molecule has 26 heavy (non-hydrogen) atoms. The van der Waals surface area contributed by atoms with Crippen LogP contribution in [0, 0.1) is 0 Å². The van der Waals surface area contributed by atoms with E-state index in [1.807, 2.05) is 54.6 Å². The van der Waals surface area contributed by atoms with Gasteiger partial charge in [-0.25, -0.2) is 0 Å². The molecular formula is C21H20N2O3. The van der Waals surface area contributed by atoms with E-state index < -0.39 is 5.60 Å². The second-order valence-corrected chi connectivity index (χ2v) is 6.71. The summed E-state index contributed by atoms with van der Waals surface area (Å²) >= 11 is 0. The van der Waals surface area contributed by atoms with E-state index >= 15 is 0 Å². The van der Waals surface area contributed by atoms with Gasteiger partial charge >= 0.3 is 0 Å². The van der Waals surface area contributed by atoms with Crippen LogP contribution in [0.3, 0.4) is 0 Å². The molecule has 4 rings (SSSR count). The predicted octanol–water partition coefficient (Wildman–Crippen LogP) is 2.89. The summed E-state index contributed by atoms with van der Waals surface area (Å²) in [6, 6.07) is 18.7. The number of pyridine rings is 1. The van der Waals surface area contributed by atoms with Gasteiger partial charge in [0.05, 0.1) is 12.1 Å². The van der Waals surface area contributed by atoms with Crippen LogP contribution in [0.25, 0.3) is 10.9 Å². The lowest BCUT2D eigenvalue weighted by atomic mass is 10.1. The predicted molar refractivity (Wildman–Crippen MR) is 99.2 cm³/mol. The Labute approximate surface area is 151 Å². The average molecular weight is 348 g/mol. The summed E-state index contributed by atoms with van der Waals surface area (Å²) in [5.74, 6) is 0.638. The lowest BCUT2D eigenvalue weighted by Gasteiger charge is -2.23. The minimum Gasteiger partial charge on any atom is -0.491 e. The fourth-order valence-corrected chi connectivity index (χ4v) is 3.27. The van der Waals surface area contributed by atoms with E-state index in [1.165, 1.54) is 0 Å². The summed E-state index contributed by atoms with van der Waals surface area (Å²) in [7, 11) is 0. The highest BCUT2D eigenvalue weighted by atomic mass is 16.5. The van der Waals surface area contributed by atoms with Gasteiger partial charge in [-0.05, 0) is 42.8 Å². The van der Waals surface area contributed by atoms with Gasteiger partial charge < -0.3 is 14.7 Å². The van der Waals surface area contributed by atoms with E-state index in [0.29, 0.717) is 24.3 Å². The molecule has 3 aromatic rings. The van der Waals surface area contributed by atoms with Crippen molar-refractivity contribution in [2.24, 2.45) is 0 Å². The van der Waals surface area contributed by atoms with Crippen molar-refractivity contribution in [3.63, 3.8) is 0 Å². The van der Waals surface area contributed by atoms with Crippen LogP contribution < -0.4 is 4.74 Å². The highest BCUT2D eigenvalue weighted by Gasteiger charge is 2.39. The molecule has 5 nitrogen and oxygen atoms in total. The molecule has 1 fully saturated rings. The number of carbonyl (C=O) groups is 1. The third-order valence-corrected chi connectivity index (χ3v) is 4.72. The zero-order valence-electron chi connectivity index (χ0n) is 14.3. The number of ether oxygens (including phenoxy) is 1. The molecule has 2 heterocycles. The monoisotopic (exact) mass is 348 g/mol. The quantitative estimate of drug-likeness (QED) is 0.787. The van der Waals surface area contributed by atoms with Gasteiger partial charge in [0.1, 0.15) is 18.0 Å². The number of benzene rings is 2. The third kappa shape index (κ3) is 3.39. The summed E-state index contributed by atoms with van der Waals surface area (Å²) in [5.41, 5.74) is 0.446. The van der Waals surface area contributed by atoms with Gasteiger partial charge in [-0.1, -0.05) is 24.3 Å². The van der Waals surface area contributed by atoms with E-state index in [4.69, 9.17) is 4.74 Å². The molecule has 5 heteroatoms. The molecule has 2 aromatic carbocycles. The highest BCUT2D eigenvalue weighted by molar-refractivity contribution is 5.98. The van der Waals surface area contributed by atoms with Gasteiger partial charge in [0, 0.05) is 23.7 Å². The number of hydrogen-bond donors (Lipinski definition) is 1. The number of rotatable bonds is 4. The lowest BCUT2D eigenvalue weighted by molar-refractivity contribution is 0.00431. The Morgan fingerprint density at radius 3 is 2.85 bits per heavy atom. The van der Waals surface area contributed by atoms with Gasteiger partial charge in [0.25, 0.3) is 5.91 Å². The largest absolute Gasteiger partial charge is 0.491 e. The van der Waals surface area contributed by atoms with E-state index in [1.54, 1.807) is 17.2 Å². The Morgan fingerprint density at radius 1 is 1.15 bits per heavy atom. The van der Waals surface area contributed by atoms with Crippen molar-refractivity contribution < 1.29 is 14.6 Å². The Balaban J connectivity index is 1.44. The number of para-hydroxylation sites is 1. The number of carbonyl (C=O) groups excluding carboxylic acids is 1. The molecule has 0 saturated carbocycles. The van der Waals surface area contributed by atoms with Crippen LogP contribution in [0.15, 0.2) is 66.9 Å². The highest BCUT2D eigenvalue weighted by Crippen LogP contribution is 2.25. The molecule has 0 unspecified atom stereocenters. The maximum Gasteiger partial charge on any atom is 0.253 e. The minimum atomic E-state index is -1.02. The zero-order valence-corrected chi connectivity index (χ0v) is 14.3. The SMILES string of the molecule is O=C(c1ccc2ncccc2c1)N1CC[C@](O)(COc2ccccc2)C1. The standard InChI is InChI=1S/C21H20N2O3/c24-20(17-8-9-19-16(13-17)5-4-11-22-19)23-12-10-21(25,14-23)15-26-18-6-2-1-3-7-18/h1-9,11,13,25H,10,12,14-15H2/t21-/m1/s1. The number of likely N-dealkylation sites (tertiary alicyclic amines) is 1. The maximum absolute atomic E-state index is 12.8. The summed E-state index contributed by atoms with van der Waals surface area (Å²) < 4.78 is 5.69. The molecule has 1 amide bonds. The fourth-order valence-electron chi connectivity index (χ4n) is 3.27. The van der Waals surface area contributed by atoms with Crippen molar-refractivity contribution in [1.82, 2.24) is 9.88 Å². The van der Waals surface area contributed by atoms with Gasteiger partial charge in [-0.15, -0.1) is 0 Å². The molecule has 0 bridgehead atoms. The summed E-state index contributed by atoms with van der Waals surface area (Å²) in [6.45, 7) is 0.949. The Hall–Kier alpha value is -2.92. The van der Waals surface area contributed by atoms with Crippen LogP contribution in [-0.4, -0.2) is 46.2 Å². The van der Waals surface area contributed by atoms with Crippen molar-refractivity contribution in [3.8, 4) is 5.75 Å². The third-order valence-electron chi connectivity index (χ3n) is 4.72. The second kappa shape index (κ2) is 6.77. The van der Waals surface area contributed by atoms with E-state index in [9.17, 15) is 9.90 Å². The van der Waals surface area contributed by atoms with Gasteiger partial charge in [-0.3, -0.25) is 9.78 Å². The molecule has 1 aliphatic rings. The van der Waals surface area contributed by atoms with Gasteiger partial charge in [0.2, 0.25) is 0 Å². The normalized spacial score (nSPS) is 19.7. The summed E-state index contributed by atoms with van der Waals surface area (Å²) in [5, 5.41) is 11.7. The van der Waals surface area contributed by atoms with E-state index in [2.05, 4.69) is 4.98 Å². The first kappa shape index (κ1) is 16.5. The second-order valence-electron chi connectivity index (χ2n) is 6.71. The molecule has 1 atom stereocenters. The molecule has 1 aromatic heterocycles. The van der Waals surface area contributed by atoms with Crippen molar-refractivity contribution >= 4 is 16.8 Å². The number of fused-ring (bicyclic) bond motifs is 1. The fraction of sp³-hybridized carbons (Fsp3) is 0.238. The van der Waals surface area contributed by atoms with Crippen LogP contribution in [0.1, 0.15) is 16.8 Å². The van der Waals surface area contributed by atoms with Gasteiger partial charge in [0.15, 0.2) is 0 Å². The average Bonchev–Trinajstić information content (AvgIpc) is 3.09. The van der Waals surface area contributed by atoms with Crippen LogP contribution in [0.5, 0.6) is 5.75 Å². The van der Waals surface area contributed by atoms with Crippen molar-refractivity contribution in [3.05, 3.63) is 72.4 Å². The zero-order chi connectivity index (χ0) is 18.0. The topological polar surface area (TPSA) is 62.7 Å². The first-order valence-corrected chi connectivity index (χ1v) is 8.67. The molecule has 1 saturated heterocycles. The first-order chi connectivity index (χ1) is 12.6. The molecule has 1 N–H and O–H groups in total. The van der Waals surface area contributed by atoms with Crippen molar-refractivity contribution in [2.45, 2.75) is 12.0 Å². The number of aliphatic hydroxyl groups is 1. The first-order valence-electron chi connectivity index (χ1n) is 8.67. The molecular weight excluding hydrogens is 328 g/mol. The van der Waals surface area contributed by atoms with Crippen molar-refractivity contribution in [2.75, 3.05) is 19.7 Å². The van der Waals surface area contributed by atoms with Crippen molar-refractivity contribution in [1.29, 1.82) is 0 Å². The Bertz CT molecular complexity index is 929. The van der Waals surface area contributed by atoms with Crippen LogP contribution in [0.4, 0.5) is 0 Å². The molecule has 132 valence electrons. The number of aromatic nitrogens is 1. The Morgan fingerprint density at radius 2 is 2.00 bits per heavy atom. The van der Waals surface area contributed by atoms with Crippen LogP contribution >= 0.6 is 0 Å². The lowest BCUT2D eigenvalue weighted by Crippen LogP contribution is -2.40. The van der Waals surface area contributed by atoms with Crippen LogP contribution in [0.2, 0.25) is 0 Å².